The van der Waals surface area contributed by atoms with Gasteiger partial charge in [0, 0.05) is 54.8 Å². The second kappa shape index (κ2) is 11.3. The number of aromatic nitrogens is 3. The van der Waals surface area contributed by atoms with E-state index in [9.17, 15) is 5.26 Å². The van der Waals surface area contributed by atoms with Crippen LogP contribution >= 0.6 is 11.3 Å². The van der Waals surface area contributed by atoms with E-state index < -0.39 is 0 Å². The maximum absolute atomic E-state index is 9.41. The fourth-order valence-corrected chi connectivity index (χ4v) is 6.92. The van der Waals surface area contributed by atoms with E-state index in [1.54, 1.807) is 17.5 Å². The third-order valence-corrected chi connectivity index (χ3v) is 9.10. The highest BCUT2D eigenvalue weighted by Gasteiger charge is 2.15. The minimum Gasteiger partial charge on any atom is -0.264 e. The van der Waals surface area contributed by atoms with Gasteiger partial charge in [0.05, 0.1) is 23.0 Å². The lowest BCUT2D eigenvalue weighted by atomic mass is 9.95. The summed E-state index contributed by atoms with van der Waals surface area (Å²) in [6, 6.07) is 47.9. The number of benzene rings is 5. The fourth-order valence-electron chi connectivity index (χ4n) is 5.74. The average Bonchev–Trinajstić information content (AvgIpc) is 3.49. The molecule has 0 saturated heterocycles. The molecule has 0 atom stereocenters. The van der Waals surface area contributed by atoms with Crippen LogP contribution < -0.4 is 0 Å². The van der Waals surface area contributed by atoms with Gasteiger partial charge in [-0.05, 0) is 65.2 Å². The van der Waals surface area contributed by atoms with Crippen LogP contribution in [0, 0.1) is 11.3 Å². The number of pyridine rings is 1. The smallest absolute Gasteiger partial charge is 0.160 e. The first-order chi connectivity index (χ1) is 22.2. The van der Waals surface area contributed by atoms with E-state index in [0.717, 1.165) is 55.0 Å². The van der Waals surface area contributed by atoms with E-state index in [1.165, 1.54) is 15.5 Å². The van der Waals surface area contributed by atoms with Gasteiger partial charge in [-0.2, -0.15) is 5.26 Å². The summed E-state index contributed by atoms with van der Waals surface area (Å²) in [6.07, 6.45) is 3.68. The van der Waals surface area contributed by atoms with E-state index in [2.05, 4.69) is 89.9 Å². The molecule has 0 fully saturated rings. The van der Waals surface area contributed by atoms with Crippen molar-refractivity contribution in [2.24, 2.45) is 0 Å². The van der Waals surface area contributed by atoms with E-state index in [4.69, 9.17) is 9.97 Å². The zero-order chi connectivity index (χ0) is 30.2. The normalized spacial score (nSPS) is 11.1. The van der Waals surface area contributed by atoms with Gasteiger partial charge in [0.1, 0.15) is 0 Å². The Kier molecular flexibility index (Phi) is 6.68. The largest absolute Gasteiger partial charge is 0.264 e. The van der Waals surface area contributed by atoms with Crippen molar-refractivity contribution in [3.05, 3.63) is 151 Å². The highest BCUT2D eigenvalue weighted by Crippen LogP contribution is 2.39. The van der Waals surface area contributed by atoms with Gasteiger partial charge >= 0.3 is 0 Å². The van der Waals surface area contributed by atoms with Crippen molar-refractivity contribution in [1.29, 1.82) is 5.26 Å². The number of nitrogens with zero attached hydrogens (tertiary/aromatic N) is 4. The molecular formula is C40H24N4S. The zero-order valence-electron chi connectivity index (χ0n) is 24.1. The molecule has 0 bridgehead atoms. The van der Waals surface area contributed by atoms with Crippen LogP contribution in [0.5, 0.6) is 0 Å². The van der Waals surface area contributed by atoms with Crippen molar-refractivity contribution in [3.8, 4) is 62.2 Å². The van der Waals surface area contributed by atoms with Gasteiger partial charge in [0.25, 0.3) is 0 Å². The van der Waals surface area contributed by atoms with Gasteiger partial charge in [0.15, 0.2) is 5.82 Å². The molecule has 0 saturated carbocycles. The number of nitriles is 1. The Labute approximate surface area is 264 Å². The molecule has 8 aromatic rings. The summed E-state index contributed by atoms with van der Waals surface area (Å²) < 4.78 is 2.30. The molecule has 3 aromatic heterocycles. The summed E-state index contributed by atoms with van der Waals surface area (Å²) in [4.78, 5) is 14.6. The molecule has 210 valence electrons. The summed E-state index contributed by atoms with van der Waals surface area (Å²) in [7, 11) is 0. The highest BCUT2D eigenvalue weighted by atomic mass is 32.1. The number of hydrogen-bond acceptors (Lipinski definition) is 5. The molecule has 45 heavy (non-hydrogen) atoms. The topological polar surface area (TPSA) is 62.5 Å². The first-order valence-electron chi connectivity index (χ1n) is 14.6. The third kappa shape index (κ3) is 5.14. The Morgan fingerprint density at radius 3 is 1.73 bits per heavy atom. The molecule has 8 rings (SSSR count). The van der Waals surface area contributed by atoms with Crippen molar-refractivity contribution < 1.29 is 0 Å². The van der Waals surface area contributed by atoms with Gasteiger partial charge in [0.2, 0.25) is 0 Å². The molecule has 0 N–H and O–H groups in total. The van der Waals surface area contributed by atoms with Gasteiger partial charge in [-0.1, -0.05) is 84.9 Å². The van der Waals surface area contributed by atoms with E-state index in [1.807, 2.05) is 60.8 Å². The lowest BCUT2D eigenvalue weighted by Gasteiger charge is -2.13. The number of rotatable bonds is 5. The van der Waals surface area contributed by atoms with Crippen LogP contribution in [0.4, 0.5) is 0 Å². The average molecular weight is 593 g/mol. The van der Waals surface area contributed by atoms with Crippen LogP contribution in [0.25, 0.3) is 76.3 Å². The highest BCUT2D eigenvalue weighted by molar-refractivity contribution is 7.25. The molecule has 0 radical (unpaired) electrons. The summed E-state index contributed by atoms with van der Waals surface area (Å²) in [6.45, 7) is 0. The zero-order valence-corrected chi connectivity index (χ0v) is 24.9. The van der Waals surface area contributed by atoms with Crippen molar-refractivity contribution in [1.82, 2.24) is 15.0 Å². The maximum atomic E-state index is 9.41. The van der Waals surface area contributed by atoms with E-state index in [0.29, 0.717) is 11.4 Å². The number of fused-ring (bicyclic) bond motifs is 3. The SMILES string of the molecule is N#Cc1ccc2c(c1)sc1cc(-c3cc(-c4cccnc4)cc(-c4nc(-c5ccccc5)cc(-c5ccccc5)n4)c3)ccc12. The van der Waals surface area contributed by atoms with E-state index in [-0.39, 0.29) is 0 Å². The number of hydrogen-bond donors (Lipinski definition) is 0. The Bertz CT molecular complexity index is 2320. The molecule has 0 spiro atoms. The van der Waals surface area contributed by atoms with Crippen molar-refractivity contribution in [2.75, 3.05) is 0 Å². The molecule has 0 aliphatic rings. The molecular weight excluding hydrogens is 569 g/mol. The predicted molar refractivity (Wildman–Crippen MR) is 185 cm³/mol. The molecule has 0 aliphatic heterocycles. The lowest BCUT2D eigenvalue weighted by Crippen LogP contribution is -1.97. The van der Waals surface area contributed by atoms with Crippen LogP contribution in [0.1, 0.15) is 5.56 Å². The molecule has 5 heteroatoms. The van der Waals surface area contributed by atoms with Gasteiger partial charge in [-0.15, -0.1) is 11.3 Å². The van der Waals surface area contributed by atoms with Crippen LogP contribution in [0.15, 0.2) is 146 Å². The van der Waals surface area contributed by atoms with Crippen LogP contribution in [-0.2, 0) is 0 Å². The van der Waals surface area contributed by atoms with Crippen LogP contribution in [0.3, 0.4) is 0 Å². The quantitative estimate of drug-likeness (QED) is 0.199. The maximum Gasteiger partial charge on any atom is 0.160 e. The number of thiophene rings is 1. The molecule has 0 unspecified atom stereocenters. The molecule has 3 heterocycles. The second-order valence-corrected chi connectivity index (χ2v) is 12.0. The van der Waals surface area contributed by atoms with Crippen molar-refractivity contribution >= 4 is 31.5 Å². The van der Waals surface area contributed by atoms with Gasteiger partial charge in [-0.3, -0.25) is 4.98 Å². The molecule has 0 aliphatic carbocycles. The summed E-state index contributed by atoms with van der Waals surface area (Å²) >= 11 is 1.71. The fraction of sp³-hybridized carbons (Fsp3) is 0. The summed E-state index contributed by atoms with van der Waals surface area (Å²) in [5, 5.41) is 11.8. The van der Waals surface area contributed by atoms with Crippen LogP contribution in [-0.4, -0.2) is 15.0 Å². The van der Waals surface area contributed by atoms with Crippen molar-refractivity contribution in [2.45, 2.75) is 0 Å². The predicted octanol–water partition coefficient (Wildman–Crippen LogP) is 10.4. The summed E-state index contributed by atoms with van der Waals surface area (Å²) in [5.74, 6) is 0.661. The Hall–Kier alpha value is -5.96. The van der Waals surface area contributed by atoms with Gasteiger partial charge in [-0.25, -0.2) is 9.97 Å². The second-order valence-electron chi connectivity index (χ2n) is 10.9. The Balaban J connectivity index is 1.33. The first kappa shape index (κ1) is 26.7. The van der Waals surface area contributed by atoms with Crippen LogP contribution in [0.2, 0.25) is 0 Å². The van der Waals surface area contributed by atoms with E-state index >= 15 is 0 Å². The molecule has 4 nitrogen and oxygen atoms in total. The minimum atomic E-state index is 0.661. The summed E-state index contributed by atoms with van der Waals surface area (Å²) in [5.41, 5.74) is 9.66. The van der Waals surface area contributed by atoms with Crippen molar-refractivity contribution in [3.63, 3.8) is 0 Å². The lowest BCUT2D eigenvalue weighted by molar-refractivity contribution is 1.18. The molecule has 0 amide bonds. The first-order valence-corrected chi connectivity index (χ1v) is 15.5. The Morgan fingerprint density at radius 2 is 1.09 bits per heavy atom. The Morgan fingerprint density at radius 1 is 0.489 bits per heavy atom. The standard InChI is InChI=1S/C40H24N4S/c41-24-26-13-15-34-35-16-14-29(22-39(35)45-38(34)18-26)31-19-32(30-12-7-17-42-25-30)21-33(20-31)40-43-36(27-8-3-1-4-9-27)23-37(44-40)28-10-5-2-6-11-28/h1-23,25H. The third-order valence-electron chi connectivity index (χ3n) is 7.99. The monoisotopic (exact) mass is 592 g/mol. The minimum absolute atomic E-state index is 0.661. The van der Waals surface area contributed by atoms with Gasteiger partial charge < -0.3 is 0 Å². The molecule has 5 aromatic carbocycles.